The molecule has 0 heterocycles. The monoisotopic (exact) mass is 256 g/mol. The predicted molar refractivity (Wildman–Crippen MR) is 69.4 cm³/mol. The Kier molecular flexibility index (Phi) is 4.99. The van der Waals surface area contributed by atoms with Crippen LogP contribution in [0.15, 0.2) is 0 Å². The van der Waals surface area contributed by atoms with E-state index < -0.39 is 11.5 Å². The maximum atomic E-state index is 11.8. The van der Waals surface area contributed by atoms with Crippen LogP contribution in [0.4, 0.5) is 4.79 Å². The summed E-state index contributed by atoms with van der Waals surface area (Å²) in [5, 5.41) is 14.6. The molecule has 1 unspecified atom stereocenters. The highest BCUT2D eigenvalue weighted by Gasteiger charge is 2.45. The van der Waals surface area contributed by atoms with Gasteiger partial charge in [-0.25, -0.2) is 9.59 Å². The van der Waals surface area contributed by atoms with Crippen LogP contribution in [0, 0.1) is 5.92 Å². The van der Waals surface area contributed by atoms with Crippen molar-refractivity contribution in [1.29, 1.82) is 0 Å². The maximum absolute atomic E-state index is 11.8. The molecular formula is C13H24N2O3. The Hall–Kier alpha value is -1.26. The number of aliphatic carboxylic acids is 1. The van der Waals surface area contributed by atoms with E-state index in [-0.39, 0.29) is 12.1 Å². The third-order valence-corrected chi connectivity index (χ3v) is 4.08. The molecule has 0 aromatic carbocycles. The number of carbonyl (C=O) groups is 2. The lowest BCUT2D eigenvalue weighted by atomic mass is 9.77. The van der Waals surface area contributed by atoms with Crippen molar-refractivity contribution < 1.29 is 14.7 Å². The Balaban J connectivity index is 2.48. The minimum Gasteiger partial charge on any atom is -0.480 e. The molecule has 1 fully saturated rings. The first kappa shape index (κ1) is 14.8. The fourth-order valence-electron chi connectivity index (χ4n) is 2.50. The SMILES string of the molecule is CCC(CC)C(C)NC(=O)NC1(C(=O)O)CCC1. The molecule has 104 valence electrons. The van der Waals surface area contributed by atoms with Crippen LogP contribution in [-0.2, 0) is 4.79 Å². The lowest BCUT2D eigenvalue weighted by Crippen LogP contribution is -2.62. The summed E-state index contributed by atoms with van der Waals surface area (Å²) in [6.45, 7) is 6.15. The van der Waals surface area contributed by atoms with Crippen LogP contribution in [-0.4, -0.2) is 28.7 Å². The van der Waals surface area contributed by atoms with Gasteiger partial charge < -0.3 is 15.7 Å². The number of nitrogens with one attached hydrogen (secondary N) is 2. The van der Waals surface area contributed by atoms with Crippen molar-refractivity contribution >= 4 is 12.0 Å². The van der Waals surface area contributed by atoms with Crippen LogP contribution in [0.1, 0.15) is 52.9 Å². The molecule has 18 heavy (non-hydrogen) atoms. The highest BCUT2D eigenvalue weighted by atomic mass is 16.4. The van der Waals surface area contributed by atoms with Gasteiger partial charge in [-0.1, -0.05) is 26.7 Å². The Morgan fingerprint density at radius 3 is 2.17 bits per heavy atom. The van der Waals surface area contributed by atoms with Crippen LogP contribution in [0.2, 0.25) is 0 Å². The minimum absolute atomic E-state index is 0.0610. The molecular weight excluding hydrogens is 232 g/mol. The molecule has 1 aliphatic carbocycles. The molecule has 0 aromatic rings. The molecule has 0 aromatic heterocycles. The second-order valence-corrected chi connectivity index (χ2v) is 5.20. The van der Waals surface area contributed by atoms with Crippen molar-refractivity contribution in [3.63, 3.8) is 0 Å². The van der Waals surface area contributed by atoms with Gasteiger partial charge in [0, 0.05) is 6.04 Å². The van der Waals surface area contributed by atoms with Gasteiger partial charge in [-0.3, -0.25) is 0 Å². The molecule has 0 bridgehead atoms. The average molecular weight is 256 g/mol. The summed E-state index contributed by atoms with van der Waals surface area (Å²) in [4.78, 5) is 22.9. The largest absolute Gasteiger partial charge is 0.480 e. The van der Waals surface area contributed by atoms with Gasteiger partial charge in [-0.05, 0) is 32.1 Å². The topological polar surface area (TPSA) is 78.4 Å². The lowest BCUT2D eigenvalue weighted by molar-refractivity contribution is -0.148. The molecule has 0 spiro atoms. The predicted octanol–water partition coefficient (Wildman–Crippen LogP) is 2.12. The van der Waals surface area contributed by atoms with Crippen LogP contribution in [0.5, 0.6) is 0 Å². The Morgan fingerprint density at radius 1 is 1.28 bits per heavy atom. The van der Waals surface area contributed by atoms with Crippen LogP contribution in [0.25, 0.3) is 0 Å². The first-order valence-corrected chi connectivity index (χ1v) is 6.77. The third-order valence-electron chi connectivity index (χ3n) is 4.08. The molecule has 1 rings (SSSR count). The third kappa shape index (κ3) is 3.15. The second-order valence-electron chi connectivity index (χ2n) is 5.20. The molecule has 1 atom stereocenters. The van der Waals surface area contributed by atoms with E-state index in [4.69, 9.17) is 5.11 Å². The van der Waals surface area contributed by atoms with Crippen molar-refractivity contribution in [2.75, 3.05) is 0 Å². The fourth-order valence-corrected chi connectivity index (χ4v) is 2.50. The molecule has 0 aliphatic heterocycles. The zero-order valence-electron chi connectivity index (χ0n) is 11.5. The van der Waals surface area contributed by atoms with Crippen LogP contribution < -0.4 is 10.6 Å². The minimum atomic E-state index is -1.03. The van der Waals surface area contributed by atoms with Gasteiger partial charge in [0.2, 0.25) is 0 Å². The highest BCUT2D eigenvalue weighted by Crippen LogP contribution is 2.31. The summed E-state index contributed by atoms with van der Waals surface area (Å²) in [6.07, 6.45) is 3.91. The van der Waals surface area contributed by atoms with E-state index in [0.29, 0.717) is 18.8 Å². The lowest BCUT2D eigenvalue weighted by Gasteiger charge is -2.38. The van der Waals surface area contributed by atoms with E-state index in [1.54, 1.807) is 0 Å². The summed E-state index contributed by atoms with van der Waals surface area (Å²) < 4.78 is 0. The summed E-state index contributed by atoms with van der Waals surface area (Å²) >= 11 is 0. The van der Waals surface area contributed by atoms with Crippen molar-refractivity contribution in [3.8, 4) is 0 Å². The van der Waals surface area contributed by atoms with Gasteiger partial charge in [-0.2, -0.15) is 0 Å². The molecule has 1 aliphatic rings. The first-order chi connectivity index (χ1) is 8.45. The normalized spacial score (nSPS) is 18.9. The number of urea groups is 1. The number of carboxylic acids is 1. The Bertz CT molecular complexity index is 309. The standard InChI is InChI=1S/C13H24N2O3/c1-4-10(5-2)9(3)14-12(18)15-13(11(16)17)7-6-8-13/h9-10H,4-8H2,1-3H3,(H,16,17)(H2,14,15,18). The van der Waals surface area contributed by atoms with E-state index >= 15 is 0 Å². The number of hydrogen-bond donors (Lipinski definition) is 3. The number of rotatable bonds is 6. The Morgan fingerprint density at radius 2 is 1.83 bits per heavy atom. The molecule has 3 N–H and O–H groups in total. The Labute approximate surface area is 108 Å². The van der Waals surface area contributed by atoms with E-state index in [9.17, 15) is 9.59 Å². The van der Waals surface area contributed by atoms with Gasteiger partial charge in [0.1, 0.15) is 5.54 Å². The van der Waals surface area contributed by atoms with Crippen molar-refractivity contribution in [2.45, 2.75) is 64.5 Å². The smallest absolute Gasteiger partial charge is 0.329 e. The van der Waals surface area contributed by atoms with Gasteiger partial charge in [-0.15, -0.1) is 0 Å². The number of amides is 2. The zero-order valence-corrected chi connectivity index (χ0v) is 11.5. The van der Waals surface area contributed by atoms with Crippen molar-refractivity contribution in [2.24, 2.45) is 5.92 Å². The molecule has 0 saturated heterocycles. The van der Waals surface area contributed by atoms with Crippen molar-refractivity contribution in [3.05, 3.63) is 0 Å². The van der Waals surface area contributed by atoms with Gasteiger partial charge in [0.25, 0.3) is 0 Å². The van der Waals surface area contributed by atoms with Crippen LogP contribution in [0.3, 0.4) is 0 Å². The van der Waals surface area contributed by atoms with Crippen molar-refractivity contribution in [1.82, 2.24) is 10.6 Å². The van der Waals surface area contributed by atoms with E-state index in [1.165, 1.54) is 0 Å². The van der Waals surface area contributed by atoms with Gasteiger partial charge >= 0.3 is 12.0 Å². The van der Waals surface area contributed by atoms with Gasteiger partial charge in [0.15, 0.2) is 0 Å². The second kappa shape index (κ2) is 6.07. The zero-order chi connectivity index (χ0) is 13.8. The summed E-state index contributed by atoms with van der Waals surface area (Å²) in [7, 11) is 0. The van der Waals surface area contributed by atoms with Crippen LogP contribution >= 0.6 is 0 Å². The molecule has 2 amide bonds. The summed E-state index contributed by atoms with van der Waals surface area (Å²) in [5.41, 5.74) is -1.03. The summed E-state index contributed by atoms with van der Waals surface area (Å²) in [5.74, 6) is -0.503. The van der Waals surface area contributed by atoms with E-state index in [2.05, 4.69) is 24.5 Å². The fraction of sp³-hybridized carbons (Fsp3) is 0.846. The maximum Gasteiger partial charge on any atom is 0.329 e. The van der Waals surface area contributed by atoms with E-state index in [1.807, 2.05) is 6.92 Å². The molecule has 0 radical (unpaired) electrons. The number of carboxylic acid groups (broad SMARTS) is 1. The molecule has 5 nitrogen and oxygen atoms in total. The average Bonchev–Trinajstić information content (AvgIpc) is 2.24. The van der Waals surface area contributed by atoms with Gasteiger partial charge in [0.05, 0.1) is 0 Å². The number of hydrogen-bond acceptors (Lipinski definition) is 2. The summed E-state index contributed by atoms with van der Waals surface area (Å²) in [6, 6.07) is -0.303. The highest BCUT2D eigenvalue weighted by molar-refractivity contribution is 5.87. The quantitative estimate of drug-likeness (QED) is 0.681. The van der Waals surface area contributed by atoms with E-state index in [0.717, 1.165) is 19.3 Å². The molecule has 1 saturated carbocycles. The number of carbonyl (C=O) groups excluding carboxylic acids is 1. The molecule has 5 heteroatoms. The first-order valence-electron chi connectivity index (χ1n) is 6.77.